The van der Waals surface area contributed by atoms with Gasteiger partial charge < -0.3 is 0 Å². The lowest BCUT2D eigenvalue weighted by atomic mass is 9.80. The molecule has 0 aliphatic heterocycles. The molecule has 0 N–H and O–H groups in total. The predicted molar refractivity (Wildman–Crippen MR) is 66.8 cm³/mol. The van der Waals surface area contributed by atoms with Crippen LogP contribution in [0.2, 0.25) is 0 Å². The highest BCUT2D eigenvalue weighted by atomic mass is 14.2. The van der Waals surface area contributed by atoms with Gasteiger partial charge in [-0.05, 0) is 35.0 Å². The number of fused-ring (bicyclic) bond motifs is 1. The zero-order chi connectivity index (χ0) is 10.8. The Morgan fingerprint density at radius 1 is 1.40 bits per heavy atom. The van der Waals surface area contributed by atoms with Crippen molar-refractivity contribution in [2.45, 2.75) is 26.2 Å². The van der Waals surface area contributed by atoms with E-state index >= 15 is 0 Å². The van der Waals surface area contributed by atoms with Gasteiger partial charge in [-0.1, -0.05) is 50.3 Å². The van der Waals surface area contributed by atoms with Crippen molar-refractivity contribution < 1.29 is 0 Å². The van der Waals surface area contributed by atoms with E-state index < -0.39 is 0 Å². The van der Waals surface area contributed by atoms with Crippen LogP contribution in [0.5, 0.6) is 0 Å². The summed E-state index contributed by atoms with van der Waals surface area (Å²) in [7, 11) is 0. The summed E-state index contributed by atoms with van der Waals surface area (Å²) in [5.74, 6) is 1.11. The monoisotopic (exact) mass is 198 g/mol. The molecule has 0 amide bonds. The Hall–Kier alpha value is -1.30. The van der Waals surface area contributed by atoms with Crippen LogP contribution in [0.25, 0.3) is 5.57 Å². The van der Waals surface area contributed by atoms with Gasteiger partial charge in [0.2, 0.25) is 0 Å². The second-order valence-corrected chi connectivity index (χ2v) is 4.41. The van der Waals surface area contributed by atoms with Gasteiger partial charge >= 0.3 is 0 Å². The van der Waals surface area contributed by atoms with Crippen LogP contribution in [-0.2, 0) is 0 Å². The Balaban J connectivity index is 2.49. The van der Waals surface area contributed by atoms with Gasteiger partial charge in [-0.3, -0.25) is 0 Å². The van der Waals surface area contributed by atoms with Crippen molar-refractivity contribution in [3.8, 4) is 0 Å². The SMILES string of the molecule is C=CC(C)C1=CC[C@H](C)c2ccccc21. The third-order valence-corrected chi connectivity index (χ3v) is 3.34. The molecule has 0 nitrogen and oxygen atoms in total. The summed E-state index contributed by atoms with van der Waals surface area (Å²) in [6.07, 6.45) is 5.56. The molecule has 0 heterocycles. The Kier molecular flexibility index (Phi) is 2.77. The Labute approximate surface area is 92.3 Å². The first-order valence-corrected chi connectivity index (χ1v) is 5.66. The molecule has 1 aliphatic carbocycles. The standard InChI is InChI=1S/C15H18/c1-4-11(2)14-10-9-12(3)13-7-5-6-8-15(13)14/h4-8,10-12H,1,9H2,2-3H3/t11?,12-/m0/s1. The number of rotatable bonds is 2. The van der Waals surface area contributed by atoms with Crippen molar-refractivity contribution in [2.24, 2.45) is 5.92 Å². The van der Waals surface area contributed by atoms with Crippen molar-refractivity contribution in [1.29, 1.82) is 0 Å². The number of hydrogen-bond acceptors (Lipinski definition) is 0. The fourth-order valence-electron chi connectivity index (χ4n) is 2.29. The molecular formula is C15H18. The first kappa shape index (κ1) is 10.2. The van der Waals surface area contributed by atoms with Gasteiger partial charge in [-0.25, -0.2) is 0 Å². The highest BCUT2D eigenvalue weighted by Gasteiger charge is 2.19. The molecule has 0 heteroatoms. The van der Waals surface area contributed by atoms with E-state index in [1.54, 1.807) is 0 Å². The Morgan fingerprint density at radius 3 is 2.87 bits per heavy atom. The van der Waals surface area contributed by atoms with E-state index in [9.17, 15) is 0 Å². The molecule has 1 unspecified atom stereocenters. The Morgan fingerprint density at radius 2 is 2.13 bits per heavy atom. The van der Waals surface area contributed by atoms with Crippen LogP contribution < -0.4 is 0 Å². The lowest BCUT2D eigenvalue weighted by Gasteiger charge is -2.25. The smallest absolute Gasteiger partial charge is 0.00102 e. The lowest BCUT2D eigenvalue weighted by molar-refractivity contribution is 0.755. The van der Waals surface area contributed by atoms with Crippen molar-refractivity contribution in [1.82, 2.24) is 0 Å². The van der Waals surface area contributed by atoms with E-state index in [0.29, 0.717) is 11.8 Å². The van der Waals surface area contributed by atoms with Crippen LogP contribution in [0.4, 0.5) is 0 Å². The van der Waals surface area contributed by atoms with Gasteiger partial charge in [0.1, 0.15) is 0 Å². The van der Waals surface area contributed by atoms with Crippen molar-refractivity contribution in [2.75, 3.05) is 0 Å². The summed E-state index contributed by atoms with van der Waals surface area (Å²) >= 11 is 0. The van der Waals surface area contributed by atoms with Gasteiger partial charge in [0.25, 0.3) is 0 Å². The second-order valence-electron chi connectivity index (χ2n) is 4.41. The number of benzene rings is 1. The van der Waals surface area contributed by atoms with Crippen LogP contribution in [-0.4, -0.2) is 0 Å². The molecule has 0 saturated carbocycles. The molecule has 1 aromatic rings. The molecule has 0 bridgehead atoms. The number of hydrogen-bond donors (Lipinski definition) is 0. The summed E-state index contributed by atoms with van der Waals surface area (Å²) < 4.78 is 0. The van der Waals surface area contributed by atoms with Crippen molar-refractivity contribution in [3.05, 3.63) is 54.1 Å². The highest BCUT2D eigenvalue weighted by Crippen LogP contribution is 2.37. The molecular weight excluding hydrogens is 180 g/mol. The fraction of sp³-hybridized carbons (Fsp3) is 0.333. The minimum Gasteiger partial charge on any atom is -0.102 e. The molecule has 78 valence electrons. The molecule has 0 spiro atoms. The van der Waals surface area contributed by atoms with Gasteiger partial charge in [-0.2, -0.15) is 0 Å². The zero-order valence-corrected chi connectivity index (χ0v) is 9.53. The first-order chi connectivity index (χ1) is 7.24. The third-order valence-electron chi connectivity index (χ3n) is 3.34. The maximum absolute atomic E-state index is 3.89. The molecule has 2 atom stereocenters. The third kappa shape index (κ3) is 1.77. The van der Waals surface area contributed by atoms with E-state index in [4.69, 9.17) is 0 Å². The molecule has 0 radical (unpaired) electrons. The molecule has 0 saturated heterocycles. The van der Waals surface area contributed by atoms with Crippen molar-refractivity contribution in [3.63, 3.8) is 0 Å². The number of allylic oxidation sites excluding steroid dienone is 3. The molecule has 1 aromatic carbocycles. The van der Waals surface area contributed by atoms with E-state index in [0.717, 1.165) is 6.42 Å². The average molecular weight is 198 g/mol. The van der Waals surface area contributed by atoms with E-state index in [-0.39, 0.29) is 0 Å². The average Bonchev–Trinajstić information content (AvgIpc) is 2.29. The van der Waals surface area contributed by atoms with Gasteiger partial charge in [-0.15, -0.1) is 6.58 Å². The van der Waals surface area contributed by atoms with Gasteiger partial charge in [0.15, 0.2) is 0 Å². The maximum Gasteiger partial charge on any atom is -0.00102 e. The summed E-state index contributed by atoms with van der Waals surface area (Å²) in [5, 5.41) is 0. The van der Waals surface area contributed by atoms with E-state index in [1.165, 1.54) is 16.7 Å². The fourth-order valence-corrected chi connectivity index (χ4v) is 2.29. The van der Waals surface area contributed by atoms with Crippen LogP contribution in [0, 0.1) is 5.92 Å². The summed E-state index contributed by atoms with van der Waals surface area (Å²) in [6, 6.07) is 8.75. The minimum absolute atomic E-state index is 0.457. The molecule has 1 aliphatic rings. The molecule has 0 fully saturated rings. The Bertz CT molecular complexity index is 398. The topological polar surface area (TPSA) is 0 Å². The normalized spacial score (nSPS) is 21.5. The predicted octanol–water partition coefficient (Wildman–Crippen LogP) is 4.40. The zero-order valence-electron chi connectivity index (χ0n) is 9.53. The van der Waals surface area contributed by atoms with Crippen LogP contribution in [0.1, 0.15) is 37.3 Å². The van der Waals surface area contributed by atoms with Crippen LogP contribution in [0.15, 0.2) is 43.0 Å². The summed E-state index contributed by atoms with van der Waals surface area (Å²) in [5.41, 5.74) is 4.35. The molecule has 15 heavy (non-hydrogen) atoms. The van der Waals surface area contributed by atoms with Crippen LogP contribution >= 0.6 is 0 Å². The van der Waals surface area contributed by atoms with E-state index in [2.05, 4.69) is 50.8 Å². The summed E-state index contributed by atoms with van der Waals surface area (Å²) in [6.45, 7) is 8.40. The molecule has 2 rings (SSSR count). The van der Waals surface area contributed by atoms with Crippen LogP contribution in [0.3, 0.4) is 0 Å². The quantitative estimate of drug-likeness (QED) is 0.618. The first-order valence-electron chi connectivity index (χ1n) is 5.66. The highest BCUT2D eigenvalue weighted by molar-refractivity contribution is 5.73. The van der Waals surface area contributed by atoms with Gasteiger partial charge in [0.05, 0.1) is 0 Å². The molecule has 0 aromatic heterocycles. The largest absolute Gasteiger partial charge is 0.102 e. The maximum atomic E-state index is 3.89. The van der Waals surface area contributed by atoms with E-state index in [1.807, 2.05) is 6.08 Å². The summed E-state index contributed by atoms with van der Waals surface area (Å²) in [4.78, 5) is 0. The minimum atomic E-state index is 0.457. The van der Waals surface area contributed by atoms with Crippen molar-refractivity contribution >= 4 is 5.57 Å². The second kappa shape index (κ2) is 4.06. The lowest BCUT2D eigenvalue weighted by Crippen LogP contribution is -2.07. The van der Waals surface area contributed by atoms with Gasteiger partial charge in [0, 0.05) is 0 Å².